The molecule has 0 amide bonds. The molecule has 0 heterocycles. The highest BCUT2D eigenvalue weighted by Gasteiger charge is 1.94. The topological polar surface area (TPSA) is 34.1 Å². The van der Waals surface area contributed by atoms with Crippen molar-refractivity contribution in [2.75, 3.05) is 0 Å². The third kappa shape index (κ3) is 3.87. The summed E-state index contributed by atoms with van der Waals surface area (Å²) < 4.78 is 21.4. The molecule has 0 atom stereocenters. The van der Waals surface area contributed by atoms with Gasteiger partial charge in [-0.3, -0.25) is 0 Å². The highest BCUT2D eigenvalue weighted by molar-refractivity contribution is 14.2. The number of hydrogen-bond donors (Lipinski definition) is 0. The van der Waals surface area contributed by atoms with Crippen LogP contribution in [0.4, 0.5) is 0 Å². The van der Waals surface area contributed by atoms with Gasteiger partial charge in [-0.05, 0) is 11.6 Å². The molecule has 2 nitrogen and oxygen atoms in total. The van der Waals surface area contributed by atoms with Gasteiger partial charge in [-0.25, -0.2) is 8.42 Å². The second kappa shape index (κ2) is 4.04. The van der Waals surface area contributed by atoms with E-state index in [1.165, 1.54) is 26.6 Å². The molecule has 0 spiro atoms. The van der Waals surface area contributed by atoms with Crippen molar-refractivity contribution in [2.24, 2.45) is 0 Å². The maximum absolute atomic E-state index is 10.7. The van der Waals surface area contributed by atoms with Crippen molar-refractivity contribution in [2.45, 2.75) is 0 Å². The minimum Gasteiger partial charge on any atom is -0.214 e. The van der Waals surface area contributed by atoms with Crippen molar-refractivity contribution in [3.8, 4) is 0 Å². The molecule has 1 rings (SSSR count). The highest BCUT2D eigenvalue weighted by atomic mass is 127. The molecule has 0 bridgehead atoms. The molecule has 4 heteroatoms. The Bertz CT molecular complexity index is 367. The zero-order chi connectivity index (χ0) is 9.03. The van der Waals surface area contributed by atoms with Crippen LogP contribution < -0.4 is 0 Å². The van der Waals surface area contributed by atoms with E-state index in [4.69, 9.17) is 0 Å². The van der Waals surface area contributed by atoms with Gasteiger partial charge in [0, 0.05) is 5.41 Å². The van der Waals surface area contributed by atoms with Gasteiger partial charge in [0.1, 0.15) is 0 Å². The van der Waals surface area contributed by atoms with Crippen molar-refractivity contribution in [3.63, 3.8) is 0 Å². The summed E-state index contributed by atoms with van der Waals surface area (Å²) in [6.07, 6.45) is 1.57. The summed E-state index contributed by atoms with van der Waals surface area (Å²) >= 11 is 1.39. The minimum atomic E-state index is -3.03. The van der Waals surface area contributed by atoms with Crippen LogP contribution in [0.25, 0.3) is 6.08 Å². The van der Waals surface area contributed by atoms with Crippen LogP contribution >= 0.6 is 21.2 Å². The quantitative estimate of drug-likeness (QED) is 0.620. The predicted octanol–water partition coefficient (Wildman–Crippen LogP) is 2.42. The maximum atomic E-state index is 10.7. The Kier molecular flexibility index (Phi) is 3.28. The van der Waals surface area contributed by atoms with Gasteiger partial charge >= 0.3 is 0 Å². The van der Waals surface area contributed by atoms with Crippen LogP contribution in [0.2, 0.25) is 0 Å². The van der Waals surface area contributed by atoms with E-state index in [1.54, 1.807) is 6.08 Å². The summed E-state index contributed by atoms with van der Waals surface area (Å²) in [7, 11) is -3.03. The van der Waals surface area contributed by atoms with E-state index in [2.05, 4.69) is 0 Å². The smallest absolute Gasteiger partial charge is 0.214 e. The van der Waals surface area contributed by atoms with Crippen molar-refractivity contribution in [3.05, 3.63) is 41.3 Å². The average molecular weight is 294 g/mol. The molecule has 0 radical (unpaired) electrons. The van der Waals surface area contributed by atoms with Gasteiger partial charge < -0.3 is 0 Å². The molecule has 1 aromatic rings. The van der Waals surface area contributed by atoms with Gasteiger partial charge in [0.15, 0.2) is 0 Å². The first-order valence-corrected chi connectivity index (χ1v) is 7.35. The lowest BCUT2D eigenvalue weighted by Crippen LogP contribution is -1.77. The molecule has 0 aromatic heterocycles. The van der Waals surface area contributed by atoms with Crippen LogP contribution in [0.15, 0.2) is 35.7 Å². The molecule has 0 fully saturated rings. The lowest BCUT2D eigenvalue weighted by molar-refractivity contribution is 0.620. The standard InChI is InChI=1S/C8H7IO2S/c9-12(10,11)7-6-8-4-2-1-3-5-8/h1-7H/b7-6-. The molecule has 0 N–H and O–H groups in total. The van der Waals surface area contributed by atoms with E-state index >= 15 is 0 Å². The zero-order valence-electron chi connectivity index (χ0n) is 6.14. The average Bonchev–Trinajstić information content (AvgIpc) is 2.02. The molecular formula is C8H7IO2S. The Hall–Kier alpha value is -0.360. The van der Waals surface area contributed by atoms with E-state index in [-0.39, 0.29) is 0 Å². The first-order valence-electron chi connectivity index (χ1n) is 3.26. The normalized spacial score (nSPS) is 12.1. The molecule has 0 aliphatic heterocycles. The fraction of sp³-hybridized carbons (Fsp3) is 0. The first-order chi connectivity index (χ1) is 5.58. The molecular weight excluding hydrogens is 287 g/mol. The van der Waals surface area contributed by atoms with Crippen LogP contribution in [0.3, 0.4) is 0 Å². The van der Waals surface area contributed by atoms with Crippen molar-refractivity contribution in [1.29, 1.82) is 0 Å². The van der Waals surface area contributed by atoms with Gasteiger partial charge in [-0.1, -0.05) is 30.3 Å². The Morgan fingerprint density at radius 3 is 2.25 bits per heavy atom. The third-order valence-corrected chi connectivity index (χ3v) is 2.56. The van der Waals surface area contributed by atoms with Gasteiger partial charge in [0.05, 0.1) is 21.2 Å². The fourth-order valence-electron chi connectivity index (χ4n) is 0.724. The second-order valence-electron chi connectivity index (χ2n) is 2.19. The summed E-state index contributed by atoms with van der Waals surface area (Å²) in [6, 6.07) is 9.30. The van der Waals surface area contributed by atoms with E-state index in [1.807, 2.05) is 30.3 Å². The number of rotatable bonds is 2. The van der Waals surface area contributed by atoms with E-state index in [0.717, 1.165) is 5.56 Å². The summed E-state index contributed by atoms with van der Waals surface area (Å²) in [5, 5.41) is 1.18. The van der Waals surface area contributed by atoms with Gasteiger partial charge in [0.25, 0.3) is 0 Å². The monoisotopic (exact) mass is 294 g/mol. The van der Waals surface area contributed by atoms with Crippen LogP contribution in [0, 0.1) is 0 Å². The molecule has 0 saturated carbocycles. The molecule has 0 unspecified atom stereocenters. The van der Waals surface area contributed by atoms with Crippen molar-refractivity contribution < 1.29 is 8.42 Å². The number of halogens is 1. The Morgan fingerprint density at radius 2 is 1.75 bits per heavy atom. The summed E-state index contributed by atoms with van der Waals surface area (Å²) in [4.78, 5) is 0. The molecule has 0 aliphatic carbocycles. The predicted molar refractivity (Wildman–Crippen MR) is 58.4 cm³/mol. The maximum Gasteiger partial charge on any atom is 0.224 e. The van der Waals surface area contributed by atoms with Crippen LogP contribution in [-0.2, 0) is 7.01 Å². The molecule has 64 valence electrons. The van der Waals surface area contributed by atoms with E-state index in [0.29, 0.717) is 0 Å². The molecule has 0 aliphatic rings. The minimum absolute atomic E-state index is 0.887. The molecule has 1 aromatic carbocycles. The lowest BCUT2D eigenvalue weighted by Gasteiger charge is -1.88. The number of hydrogen-bond acceptors (Lipinski definition) is 2. The summed E-state index contributed by atoms with van der Waals surface area (Å²) in [5.41, 5.74) is 0.887. The van der Waals surface area contributed by atoms with E-state index < -0.39 is 7.01 Å². The number of benzene rings is 1. The summed E-state index contributed by atoms with van der Waals surface area (Å²) in [5.74, 6) is 0. The highest BCUT2D eigenvalue weighted by Crippen LogP contribution is 2.07. The van der Waals surface area contributed by atoms with Crippen LogP contribution in [0.1, 0.15) is 5.56 Å². The van der Waals surface area contributed by atoms with E-state index in [9.17, 15) is 8.42 Å². The second-order valence-corrected chi connectivity index (χ2v) is 7.10. The first kappa shape index (κ1) is 9.73. The van der Waals surface area contributed by atoms with Crippen molar-refractivity contribution >= 4 is 34.3 Å². The van der Waals surface area contributed by atoms with Crippen molar-refractivity contribution in [1.82, 2.24) is 0 Å². The van der Waals surface area contributed by atoms with Gasteiger partial charge in [0.2, 0.25) is 7.01 Å². The van der Waals surface area contributed by atoms with Gasteiger partial charge in [-0.15, -0.1) is 0 Å². The SMILES string of the molecule is O=S(=O)(I)/C=C\c1ccccc1. The summed E-state index contributed by atoms with van der Waals surface area (Å²) in [6.45, 7) is 0. The fourth-order valence-corrected chi connectivity index (χ4v) is 1.48. The molecule has 12 heavy (non-hydrogen) atoms. The Labute approximate surface area is 83.8 Å². The largest absolute Gasteiger partial charge is 0.224 e. The molecule has 0 saturated heterocycles. The Balaban J connectivity index is 2.85. The van der Waals surface area contributed by atoms with Gasteiger partial charge in [-0.2, -0.15) is 0 Å². The van der Waals surface area contributed by atoms with Crippen LogP contribution in [0.5, 0.6) is 0 Å². The zero-order valence-corrected chi connectivity index (χ0v) is 9.12. The third-order valence-electron chi connectivity index (χ3n) is 1.22. The van der Waals surface area contributed by atoms with Crippen LogP contribution in [-0.4, -0.2) is 8.42 Å². The lowest BCUT2D eigenvalue weighted by atomic mass is 10.2. The Morgan fingerprint density at radius 1 is 1.17 bits per heavy atom.